The van der Waals surface area contributed by atoms with Crippen LogP contribution in [0, 0.1) is 6.92 Å². The van der Waals surface area contributed by atoms with Gasteiger partial charge in [0.15, 0.2) is 0 Å². The Morgan fingerprint density at radius 1 is 0.714 bits per heavy atom. The van der Waals surface area contributed by atoms with Crippen LogP contribution in [-0.2, 0) is 10.8 Å². The molecule has 0 aliphatic rings. The second-order valence-corrected chi connectivity index (χ2v) is 16.8. The summed E-state index contributed by atoms with van der Waals surface area (Å²) in [6.45, 7) is 22.5. The molecule has 2 aromatic rings. The molecule has 0 aromatic heterocycles. The Balaban J connectivity index is 2.88. The van der Waals surface area contributed by atoms with Crippen LogP contribution in [0.25, 0.3) is 11.1 Å². The molecule has 2 rings (SSSR count). The molecule has 0 aliphatic carbocycles. The first-order chi connectivity index (χ1) is 12.5. The van der Waals surface area contributed by atoms with E-state index >= 15 is 0 Å². The van der Waals surface area contributed by atoms with Crippen molar-refractivity contribution in [3.8, 4) is 16.9 Å². The van der Waals surface area contributed by atoms with Crippen molar-refractivity contribution in [1.82, 2.24) is 0 Å². The van der Waals surface area contributed by atoms with Crippen LogP contribution >= 0.6 is 31.9 Å². The Morgan fingerprint density at radius 2 is 1.07 bits per heavy atom. The van der Waals surface area contributed by atoms with Gasteiger partial charge in [-0.15, -0.1) is 0 Å². The van der Waals surface area contributed by atoms with E-state index < -0.39 is 8.32 Å². The minimum atomic E-state index is -1.76. The van der Waals surface area contributed by atoms with E-state index in [0.29, 0.717) is 0 Å². The molecular weight excluding hydrogens is 492 g/mol. The molecule has 2 aromatic carbocycles. The molecule has 0 aliphatic heterocycles. The fraction of sp³-hybridized carbons (Fsp3) is 0.500. The Bertz CT molecular complexity index is 823. The van der Waals surface area contributed by atoms with E-state index in [1.165, 1.54) is 27.8 Å². The molecular formula is C24H34Br2OSi. The summed E-state index contributed by atoms with van der Waals surface area (Å²) in [5.74, 6) is 1.09. The molecule has 0 atom stereocenters. The van der Waals surface area contributed by atoms with Crippen molar-refractivity contribution in [3.63, 3.8) is 0 Å². The van der Waals surface area contributed by atoms with Crippen molar-refractivity contribution in [3.05, 3.63) is 49.9 Å². The third kappa shape index (κ3) is 5.52. The maximum absolute atomic E-state index is 6.69. The number of rotatable bonds is 3. The Morgan fingerprint density at radius 3 is 1.39 bits per heavy atom. The lowest BCUT2D eigenvalue weighted by molar-refractivity contribution is 0.478. The van der Waals surface area contributed by atoms with Gasteiger partial charge in [0.2, 0.25) is 8.32 Å². The average molecular weight is 526 g/mol. The molecule has 0 spiro atoms. The zero-order chi connectivity index (χ0) is 21.7. The van der Waals surface area contributed by atoms with Gasteiger partial charge in [-0.1, -0.05) is 73.4 Å². The van der Waals surface area contributed by atoms with Crippen molar-refractivity contribution in [2.75, 3.05) is 0 Å². The highest BCUT2D eigenvalue weighted by Gasteiger charge is 2.31. The third-order valence-electron chi connectivity index (χ3n) is 4.73. The average Bonchev–Trinajstić information content (AvgIpc) is 2.48. The molecule has 1 nitrogen and oxygen atoms in total. The minimum Gasteiger partial charge on any atom is -0.544 e. The highest BCUT2D eigenvalue weighted by Crippen LogP contribution is 2.44. The van der Waals surface area contributed by atoms with Crippen LogP contribution in [0.3, 0.4) is 0 Å². The van der Waals surface area contributed by atoms with Crippen LogP contribution in [0.1, 0.15) is 58.2 Å². The van der Waals surface area contributed by atoms with E-state index in [2.05, 4.69) is 124 Å². The fourth-order valence-electron chi connectivity index (χ4n) is 3.14. The molecule has 0 unspecified atom stereocenters. The first-order valence-corrected chi connectivity index (χ1v) is 14.8. The summed E-state index contributed by atoms with van der Waals surface area (Å²) in [6, 6.07) is 9.09. The van der Waals surface area contributed by atoms with Crippen LogP contribution in [0.15, 0.2) is 33.2 Å². The van der Waals surface area contributed by atoms with Crippen LogP contribution in [0.4, 0.5) is 0 Å². The number of hydrogen-bond acceptors (Lipinski definition) is 1. The van der Waals surface area contributed by atoms with Gasteiger partial charge in [-0.3, -0.25) is 0 Å². The van der Waals surface area contributed by atoms with Crippen molar-refractivity contribution >= 4 is 40.2 Å². The van der Waals surface area contributed by atoms with Crippen molar-refractivity contribution < 1.29 is 4.43 Å². The summed E-state index contributed by atoms with van der Waals surface area (Å²) < 4.78 is 8.93. The summed E-state index contributed by atoms with van der Waals surface area (Å²) in [4.78, 5) is 0. The molecule has 0 radical (unpaired) electrons. The van der Waals surface area contributed by atoms with Gasteiger partial charge in [-0.2, -0.15) is 0 Å². The standard InChI is InChI=1S/C24H34Br2OSi/c1-15-20(25)13-17(14-21(15)26)16-11-18(23(2,3)4)22(27-28(8,9)10)19(12-16)24(5,6)7/h11-14H,1-10H3. The maximum Gasteiger partial charge on any atom is 0.242 e. The number of hydrogen-bond donors (Lipinski definition) is 0. The van der Waals surface area contributed by atoms with E-state index in [1.807, 2.05) is 0 Å². The lowest BCUT2D eigenvalue weighted by Gasteiger charge is -2.34. The first kappa shape index (κ1) is 23.7. The Labute approximate surface area is 189 Å². The third-order valence-corrected chi connectivity index (χ3v) is 7.19. The van der Waals surface area contributed by atoms with Gasteiger partial charge in [-0.25, -0.2) is 0 Å². The number of benzene rings is 2. The molecule has 0 saturated carbocycles. The summed E-state index contributed by atoms with van der Waals surface area (Å²) in [7, 11) is -1.76. The van der Waals surface area contributed by atoms with E-state index in [-0.39, 0.29) is 10.8 Å². The summed E-state index contributed by atoms with van der Waals surface area (Å²) in [5.41, 5.74) is 6.21. The zero-order valence-electron chi connectivity index (χ0n) is 19.0. The van der Waals surface area contributed by atoms with E-state index in [9.17, 15) is 0 Å². The van der Waals surface area contributed by atoms with Gasteiger partial charge in [0, 0.05) is 8.95 Å². The molecule has 4 heteroatoms. The topological polar surface area (TPSA) is 9.23 Å². The lowest BCUT2D eigenvalue weighted by Crippen LogP contribution is -2.32. The highest BCUT2D eigenvalue weighted by molar-refractivity contribution is 9.11. The van der Waals surface area contributed by atoms with Gasteiger partial charge < -0.3 is 4.43 Å². The predicted molar refractivity (Wildman–Crippen MR) is 133 cm³/mol. The van der Waals surface area contributed by atoms with E-state index in [1.54, 1.807) is 0 Å². The Hall–Kier alpha value is -0.583. The largest absolute Gasteiger partial charge is 0.544 e. The minimum absolute atomic E-state index is 0.00977. The second-order valence-electron chi connectivity index (χ2n) is 10.7. The van der Waals surface area contributed by atoms with Crippen molar-refractivity contribution in [1.29, 1.82) is 0 Å². The highest BCUT2D eigenvalue weighted by atomic mass is 79.9. The normalized spacial score (nSPS) is 13.0. The van der Waals surface area contributed by atoms with E-state index in [4.69, 9.17) is 4.43 Å². The van der Waals surface area contributed by atoms with Gasteiger partial charge in [0.05, 0.1) is 0 Å². The van der Waals surface area contributed by atoms with Crippen molar-refractivity contribution in [2.45, 2.75) is 78.9 Å². The van der Waals surface area contributed by atoms with Gasteiger partial charge in [-0.05, 0) is 89.5 Å². The molecule has 0 N–H and O–H groups in total. The molecule has 0 amide bonds. The van der Waals surface area contributed by atoms with Crippen LogP contribution in [0.5, 0.6) is 5.75 Å². The molecule has 28 heavy (non-hydrogen) atoms. The molecule has 0 saturated heterocycles. The van der Waals surface area contributed by atoms with Gasteiger partial charge >= 0.3 is 0 Å². The van der Waals surface area contributed by atoms with E-state index in [0.717, 1.165) is 14.7 Å². The molecule has 0 fully saturated rings. The summed E-state index contributed by atoms with van der Waals surface area (Å²) >= 11 is 7.43. The molecule has 0 bridgehead atoms. The Kier molecular flexibility index (Phi) is 6.70. The van der Waals surface area contributed by atoms with Crippen LogP contribution in [0.2, 0.25) is 19.6 Å². The van der Waals surface area contributed by atoms with Crippen LogP contribution < -0.4 is 4.43 Å². The predicted octanol–water partition coefficient (Wildman–Crippen LogP) is 9.00. The second kappa shape index (κ2) is 7.92. The summed E-state index contributed by atoms with van der Waals surface area (Å²) in [6.07, 6.45) is 0. The van der Waals surface area contributed by atoms with Crippen molar-refractivity contribution in [2.24, 2.45) is 0 Å². The smallest absolute Gasteiger partial charge is 0.242 e. The molecule has 154 valence electrons. The number of halogens is 2. The molecule has 0 heterocycles. The first-order valence-electron chi connectivity index (χ1n) is 9.85. The quantitative estimate of drug-likeness (QED) is 0.363. The monoisotopic (exact) mass is 524 g/mol. The van der Waals surface area contributed by atoms with Crippen LogP contribution in [-0.4, -0.2) is 8.32 Å². The zero-order valence-corrected chi connectivity index (χ0v) is 23.1. The maximum atomic E-state index is 6.69. The fourth-order valence-corrected chi connectivity index (χ4v) is 5.16. The lowest BCUT2D eigenvalue weighted by atomic mass is 9.77. The van der Waals surface area contributed by atoms with Gasteiger partial charge in [0.25, 0.3) is 0 Å². The summed E-state index contributed by atoms with van der Waals surface area (Å²) in [5, 5.41) is 0. The SMILES string of the molecule is Cc1c(Br)cc(-c2cc(C(C)(C)C)c(O[Si](C)(C)C)c(C(C)(C)C)c2)cc1Br. The van der Waals surface area contributed by atoms with Gasteiger partial charge in [0.1, 0.15) is 5.75 Å².